The molecule has 9 heteroatoms. The predicted octanol–water partition coefficient (Wildman–Crippen LogP) is 1.79. The number of anilines is 1. The molecule has 0 N–H and O–H groups in total. The Kier molecular flexibility index (Phi) is 4.05. The predicted molar refractivity (Wildman–Crippen MR) is 107 cm³/mol. The van der Waals surface area contributed by atoms with Crippen molar-refractivity contribution >= 4 is 50.4 Å². The van der Waals surface area contributed by atoms with Gasteiger partial charge in [0.2, 0.25) is 11.8 Å². The molecule has 2 aromatic heterocycles. The van der Waals surface area contributed by atoms with E-state index in [1.54, 1.807) is 29.3 Å². The first-order valence-electron chi connectivity index (χ1n) is 9.27. The maximum Gasteiger partial charge on any atom is 0.246 e. The number of fused-ring (bicyclic) bond motifs is 2. The highest BCUT2D eigenvalue weighted by atomic mass is 32.2. The van der Waals surface area contributed by atoms with Crippen molar-refractivity contribution in [3.05, 3.63) is 18.3 Å². The van der Waals surface area contributed by atoms with Crippen molar-refractivity contribution in [2.75, 3.05) is 36.8 Å². The molecule has 27 heavy (non-hydrogen) atoms. The Balaban J connectivity index is 1.26. The third-order valence-electron chi connectivity index (χ3n) is 5.75. The van der Waals surface area contributed by atoms with E-state index in [2.05, 4.69) is 21.8 Å². The molecule has 0 saturated carbocycles. The van der Waals surface area contributed by atoms with Gasteiger partial charge in [0.1, 0.15) is 16.4 Å². The van der Waals surface area contributed by atoms with Gasteiger partial charge in [-0.05, 0) is 25.5 Å². The summed E-state index contributed by atoms with van der Waals surface area (Å²) in [4.78, 5) is 41.2. The molecule has 5 rings (SSSR count). The highest BCUT2D eigenvalue weighted by molar-refractivity contribution is 8.01. The molecule has 142 valence electrons. The first-order valence-corrected chi connectivity index (χ1v) is 11.1. The smallest absolute Gasteiger partial charge is 0.246 e. The van der Waals surface area contributed by atoms with Gasteiger partial charge in [0, 0.05) is 44.5 Å². The molecule has 2 amide bonds. The summed E-state index contributed by atoms with van der Waals surface area (Å²) in [6, 6.07) is 3.58. The molecular formula is C18H21N5O2S2. The molecule has 3 aliphatic heterocycles. The van der Waals surface area contributed by atoms with E-state index in [0.29, 0.717) is 25.3 Å². The number of carbonyl (C=O) groups is 2. The first-order chi connectivity index (χ1) is 13.0. The van der Waals surface area contributed by atoms with Crippen molar-refractivity contribution in [2.45, 2.75) is 30.7 Å². The molecule has 3 fully saturated rings. The molecule has 7 nitrogen and oxygen atoms in total. The summed E-state index contributed by atoms with van der Waals surface area (Å²) in [5.41, 5.74) is 0.922. The van der Waals surface area contributed by atoms with E-state index in [1.165, 1.54) is 0 Å². The number of thioether (sulfide) groups is 1. The quantitative estimate of drug-likeness (QED) is 0.762. The second-order valence-electron chi connectivity index (χ2n) is 7.40. The van der Waals surface area contributed by atoms with Crippen molar-refractivity contribution in [2.24, 2.45) is 0 Å². The third-order valence-corrected chi connectivity index (χ3v) is 8.29. The fourth-order valence-corrected chi connectivity index (χ4v) is 6.61. The number of thiazole rings is 1. The second-order valence-corrected chi connectivity index (χ2v) is 9.86. The van der Waals surface area contributed by atoms with Gasteiger partial charge < -0.3 is 14.7 Å². The lowest BCUT2D eigenvalue weighted by molar-refractivity contribution is -0.143. The van der Waals surface area contributed by atoms with E-state index >= 15 is 0 Å². The number of hydrogen-bond donors (Lipinski definition) is 0. The minimum atomic E-state index is -0.298. The van der Waals surface area contributed by atoms with Crippen LogP contribution >= 0.6 is 23.1 Å². The second kappa shape index (κ2) is 6.34. The van der Waals surface area contributed by atoms with Gasteiger partial charge >= 0.3 is 0 Å². The molecule has 2 atom stereocenters. The molecule has 3 saturated heterocycles. The summed E-state index contributed by atoms with van der Waals surface area (Å²) in [6.45, 7) is 4.95. The number of piperazine rings is 1. The van der Waals surface area contributed by atoms with Gasteiger partial charge in [0.25, 0.3) is 0 Å². The standard InChI is InChI=1S/C18H21N5O2S2/c1-18-5-4-14(24)23(18)13(11-26-18)16(25)21-7-9-22(10-8-21)17-20-12-3-2-6-19-15(12)27-17/h2-3,6,13H,4-5,7-11H2,1H3. The van der Waals surface area contributed by atoms with Gasteiger partial charge in [-0.2, -0.15) is 0 Å². The summed E-state index contributed by atoms with van der Waals surface area (Å²) in [6.07, 6.45) is 3.19. The molecule has 5 heterocycles. The Morgan fingerprint density at radius 2 is 2.11 bits per heavy atom. The molecule has 2 aromatic rings. The zero-order valence-electron chi connectivity index (χ0n) is 15.1. The van der Waals surface area contributed by atoms with Crippen LogP contribution in [0.2, 0.25) is 0 Å². The Morgan fingerprint density at radius 1 is 1.30 bits per heavy atom. The number of pyridine rings is 1. The van der Waals surface area contributed by atoms with E-state index in [1.807, 2.05) is 21.9 Å². The van der Waals surface area contributed by atoms with Crippen molar-refractivity contribution in [1.82, 2.24) is 19.8 Å². The van der Waals surface area contributed by atoms with Gasteiger partial charge in [-0.3, -0.25) is 9.59 Å². The van der Waals surface area contributed by atoms with Gasteiger partial charge in [0.05, 0.1) is 4.87 Å². The van der Waals surface area contributed by atoms with Crippen molar-refractivity contribution in [3.63, 3.8) is 0 Å². The average Bonchev–Trinajstić information content (AvgIpc) is 3.34. The molecular weight excluding hydrogens is 382 g/mol. The van der Waals surface area contributed by atoms with Crippen LogP contribution in [0.3, 0.4) is 0 Å². The number of hydrogen-bond acceptors (Lipinski definition) is 7. The summed E-state index contributed by atoms with van der Waals surface area (Å²) in [7, 11) is 0. The minimum Gasteiger partial charge on any atom is -0.344 e. The molecule has 2 unspecified atom stereocenters. The number of aromatic nitrogens is 2. The van der Waals surface area contributed by atoms with Gasteiger partial charge in [-0.15, -0.1) is 11.8 Å². The first kappa shape index (κ1) is 17.2. The van der Waals surface area contributed by atoms with Gasteiger partial charge in [0.15, 0.2) is 5.13 Å². The fraction of sp³-hybridized carbons (Fsp3) is 0.556. The van der Waals surface area contributed by atoms with Crippen molar-refractivity contribution < 1.29 is 9.59 Å². The minimum absolute atomic E-state index is 0.104. The van der Waals surface area contributed by atoms with Crippen molar-refractivity contribution in [1.29, 1.82) is 0 Å². The van der Waals surface area contributed by atoms with Crippen LogP contribution in [0.1, 0.15) is 19.8 Å². The third kappa shape index (κ3) is 2.79. The number of rotatable bonds is 2. The van der Waals surface area contributed by atoms with Crippen LogP contribution < -0.4 is 4.90 Å². The Morgan fingerprint density at radius 3 is 2.89 bits per heavy atom. The zero-order chi connectivity index (χ0) is 18.6. The largest absolute Gasteiger partial charge is 0.344 e. The molecule has 0 aromatic carbocycles. The fourth-order valence-electron chi connectivity index (χ4n) is 4.23. The lowest BCUT2D eigenvalue weighted by Crippen LogP contribution is -2.56. The average molecular weight is 404 g/mol. The lowest BCUT2D eigenvalue weighted by atomic mass is 10.2. The molecule has 0 radical (unpaired) electrons. The molecule has 0 spiro atoms. The van der Waals surface area contributed by atoms with E-state index in [0.717, 1.165) is 35.0 Å². The number of carbonyl (C=O) groups excluding carboxylic acids is 2. The van der Waals surface area contributed by atoms with Crippen LogP contribution in [0.4, 0.5) is 5.13 Å². The summed E-state index contributed by atoms with van der Waals surface area (Å²) < 4.78 is 0. The maximum absolute atomic E-state index is 13.1. The molecule has 3 aliphatic rings. The van der Waals surface area contributed by atoms with Crippen LogP contribution in [0.5, 0.6) is 0 Å². The molecule has 0 bridgehead atoms. The highest BCUT2D eigenvalue weighted by Gasteiger charge is 2.53. The van der Waals surface area contributed by atoms with Crippen LogP contribution in [0.25, 0.3) is 10.3 Å². The van der Waals surface area contributed by atoms with E-state index in [9.17, 15) is 9.59 Å². The Labute approximate surface area is 165 Å². The molecule has 0 aliphatic carbocycles. The van der Waals surface area contributed by atoms with Crippen molar-refractivity contribution in [3.8, 4) is 0 Å². The highest BCUT2D eigenvalue weighted by Crippen LogP contribution is 2.47. The summed E-state index contributed by atoms with van der Waals surface area (Å²) >= 11 is 3.35. The van der Waals surface area contributed by atoms with Crippen LogP contribution in [0.15, 0.2) is 18.3 Å². The number of nitrogens with zero attached hydrogens (tertiary/aromatic N) is 5. The number of amides is 2. The van der Waals surface area contributed by atoms with E-state index in [4.69, 9.17) is 0 Å². The maximum atomic E-state index is 13.1. The van der Waals surface area contributed by atoms with E-state index in [-0.39, 0.29) is 22.7 Å². The normalized spacial score (nSPS) is 28.3. The van der Waals surface area contributed by atoms with Gasteiger partial charge in [-0.1, -0.05) is 11.3 Å². The van der Waals surface area contributed by atoms with E-state index < -0.39 is 0 Å². The van der Waals surface area contributed by atoms with Crippen LogP contribution in [-0.2, 0) is 9.59 Å². The lowest BCUT2D eigenvalue weighted by Gasteiger charge is -2.38. The van der Waals surface area contributed by atoms with Crippen LogP contribution in [0, 0.1) is 0 Å². The summed E-state index contributed by atoms with van der Waals surface area (Å²) in [5, 5.41) is 0.967. The SMILES string of the molecule is CC12CCC(=O)N1C(C(=O)N1CCN(c3nc4cccnc4s3)CC1)CS2. The Bertz CT molecular complexity index is 877. The summed E-state index contributed by atoms with van der Waals surface area (Å²) in [5.74, 6) is 0.943. The van der Waals surface area contributed by atoms with Gasteiger partial charge in [-0.25, -0.2) is 9.97 Å². The monoisotopic (exact) mass is 403 g/mol. The Hall–Kier alpha value is -1.87. The van der Waals surface area contributed by atoms with Crippen LogP contribution in [-0.4, -0.2) is 74.4 Å². The zero-order valence-corrected chi connectivity index (χ0v) is 16.8. The topological polar surface area (TPSA) is 69.6 Å².